The number of hydrogen-bond donors (Lipinski definition) is 2. The summed E-state index contributed by atoms with van der Waals surface area (Å²) in [7, 11) is 0. The number of pyridine rings is 1. The van der Waals surface area contributed by atoms with Gasteiger partial charge in [0, 0.05) is 4.47 Å². The molecule has 1 aliphatic rings. The van der Waals surface area contributed by atoms with Gasteiger partial charge in [0.05, 0.1) is 17.8 Å². The Hall–Kier alpha value is -0.610. The lowest BCUT2D eigenvalue weighted by Gasteiger charge is -2.15. The van der Waals surface area contributed by atoms with Crippen molar-refractivity contribution in [2.75, 3.05) is 11.9 Å². The van der Waals surface area contributed by atoms with Gasteiger partial charge in [-0.15, -0.1) is 0 Å². The molecule has 4 heteroatoms. The number of nitrogens with one attached hydrogen (secondary N) is 1. The van der Waals surface area contributed by atoms with E-state index < -0.39 is 0 Å². The minimum Gasteiger partial charge on any atom is -0.394 e. The Labute approximate surface area is 91.7 Å². The average molecular weight is 257 g/mol. The zero-order valence-corrected chi connectivity index (χ0v) is 9.63. The van der Waals surface area contributed by atoms with Crippen molar-refractivity contribution in [3.05, 3.63) is 22.3 Å². The molecule has 0 unspecified atom stereocenters. The van der Waals surface area contributed by atoms with Crippen LogP contribution in [0.15, 0.2) is 16.6 Å². The maximum absolute atomic E-state index is 9.14. The van der Waals surface area contributed by atoms with Crippen LogP contribution in [0.5, 0.6) is 0 Å². The second kappa shape index (κ2) is 3.51. The average Bonchev–Trinajstić information content (AvgIpc) is 2.93. The van der Waals surface area contributed by atoms with Crippen molar-refractivity contribution >= 4 is 21.7 Å². The summed E-state index contributed by atoms with van der Waals surface area (Å²) >= 11 is 3.40. The number of rotatable bonds is 3. The predicted molar refractivity (Wildman–Crippen MR) is 59.3 cm³/mol. The molecule has 1 aromatic heterocycles. The monoisotopic (exact) mass is 256 g/mol. The van der Waals surface area contributed by atoms with E-state index in [0.29, 0.717) is 0 Å². The summed E-state index contributed by atoms with van der Waals surface area (Å²) in [6, 6.07) is 3.89. The quantitative estimate of drug-likeness (QED) is 0.871. The summed E-state index contributed by atoms with van der Waals surface area (Å²) in [6.07, 6.45) is 2.06. The lowest BCUT2D eigenvalue weighted by atomic mass is 10.3. The zero-order chi connectivity index (χ0) is 10.2. The fourth-order valence-electron chi connectivity index (χ4n) is 1.36. The normalized spacial score (nSPS) is 17.9. The molecule has 2 rings (SSSR count). The second-order valence-electron chi connectivity index (χ2n) is 3.83. The minimum atomic E-state index is -0.0900. The molecule has 2 N–H and O–H groups in total. The number of nitrogens with zero attached hydrogens (tertiary/aromatic N) is 1. The van der Waals surface area contributed by atoms with Gasteiger partial charge in [-0.3, -0.25) is 0 Å². The number of aryl methyl sites for hydroxylation is 1. The van der Waals surface area contributed by atoms with Gasteiger partial charge in [-0.1, -0.05) is 0 Å². The first-order chi connectivity index (χ1) is 6.65. The highest BCUT2D eigenvalue weighted by Gasteiger charge is 2.42. The van der Waals surface area contributed by atoms with E-state index in [1.54, 1.807) is 0 Å². The number of aromatic nitrogens is 1. The third kappa shape index (κ3) is 1.91. The largest absolute Gasteiger partial charge is 0.394 e. The predicted octanol–water partition coefficient (Wildman–Crippen LogP) is 2.09. The van der Waals surface area contributed by atoms with E-state index in [-0.39, 0.29) is 12.1 Å². The molecule has 0 aromatic carbocycles. The highest BCUT2D eigenvalue weighted by molar-refractivity contribution is 9.10. The first-order valence-corrected chi connectivity index (χ1v) is 5.47. The van der Waals surface area contributed by atoms with Gasteiger partial charge in [0.2, 0.25) is 0 Å². The smallest absolute Gasteiger partial charge is 0.126 e. The molecular formula is C10H13BrN2O. The topological polar surface area (TPSA) is 45.2 Å². The van der Waals surface area contributed by atoms with Crippen molar-refractivity contribution in [1.29, 1.82) is 0 Å². The van der Waals surface area contributed by atoms with Crippen LogP contribution < -0.4 is 5.32 Å². The lowest BCUT2D eigenvalue weighted by molar-refractivity contribution is 0.266. The van der Waals surface area contributed by atoms with E-state index in [1.807, 2.05) is 19.1 Å². The third-order valence-electron chi connectivity index (χ3n) is 2.57. The van der Waals surface area contributed by atoms with Crippen LogP contribution in [0.1, 0.15) is 18.5 Å². The van der Waals surface area contributed by atoms with Crippen LogP contribution in [0.3, 0.4) is 0 Å². The molecule has 1 aliphatic carbocycles. The van der Waals surface area contributed by atoms with Crippen molar-refractivity contribution in [2.45, 2.75) is 25.3 Å². The second-order valence-corrected chi connectivity index (χ2v) is 4.68. The van der Waals surface area contributed by atoms with Gasteiger partial charge in [-0.2, -0.15) is 0 Å². The van der Waals surface area contributed by atoms with Crippen molar-refractivity contribution in [2.24, 2.45) is 0 Å². The molecule has 76 valence electrons. The van der Waals surface area contributed by atoms with Gasteiger partial charge in [0.1, 0.15) is 5.82 Å². The Bertz CT molecular complexity index is 350. The molecule has 0 spiro atoms. The molecule has 0 radical (unpaired) electrons. The van der Waals surface area contributed by atoms with Crippen LogP contribution >= 0.6 is 15.9 Å². The maximum Gasteiger partial charge on any atom is 0.126 e. The standard InChI is InChI=1S/C10H13BrN2O/c1-7-8(11)2-3-9(12-7)13-10(6-14)4-5-10/h2-3,14H,4-6H2,1H3,(H,12,13). The molecular weight excluding hydrogens is 244 g/mol. The summed E-state index contributed by atoms with van der Waals surface area (Å²) < 4.78 is 1.01. The minimum absolute atomic E-state index is 0.0900. The van der Waals surface area contributed by atoms with Crippen LogP contribution in [0.25, 0.3) is 0 Å². The molecule has 0 amide bonds. The van der Waals surface area contributed by atoms with Gasteiger partial charge in [-0.25, -0.2) is 4.98 Å². The highest BCUT2D eigenvalue weighted by atomic mass is 79.9. The lowest BCUT2D eigenvalue weighted by Crippen LogP contribution is -2.26. The Balaban J connectivity index is 2.14. The third-order valence-corrected chi connectivity index (χ3v) is 3.41. The molecule has 3 nitrogen and oxygen atoms in total. The highest BCUT2D eigenvalue weighted by Crippen LogP contribution is 2.38. The van der Waals surface area contributed by atoms with Crippen LogP contribution in [-0.4, -0.2) is 22.2 Å². The molecule has 0 saturated heterocycles. The summed E-state index contributed by atoms with van der Waals surface area (Å²) in [5, 5.41) is 12.4. The van der Waals surface area contributed by atoms with E-state index in [1.165, 1.54) is 0 Å². The fraction of sp³-hybridized carbons (Fsp3) is 0.500. The van der Waals surface area contributed by atoms with Crippen molar-refractivity contribution < 1.29 is 5.11 Å². The van der Waals surface area contributed by atoms with Gasteiger partial charge in [0.15, 0.2) is 0 Å². The summed E-state index contributed by atoms with van der Waals surface area (Å²) in [4.78, 5) is 4.38. The molecule has 14 heavy (non-hydrogen) atoms. The number of aliphatic hydroxyl groups excluding tert-OH is 1. The van der Waals surface area contributed by atoms with Gasteiger partial charge in [-0.05, 0) is 47.8 Å². The van der Waals surface area contributed by atoms with E-state index in [2.05, 4.69) is 26.2 Å². The van der Waals surface area contributed by atoms with E-state index >= 15 is 0 Å². The Kier molecular flexibility index (Phi) is 2.49. The first-order valence-electron chi connectivity index (χ1n) is 4.67. The number of aliphatic hydroxyl groups is 1. The van der Waals surface area contributed by atoms with Gasteiger partial charge < -0.3 is 10.4 Å². The molecule has 1 aromatic rings. The summed E-state index contributed by atoms with van der Waals surface area (Å²) in [5.41, 5.74) is 0.872. The molecule has 0 bridgehead atoms. The Morgan fingerprint density at radius 3 is 2.79 bits per heavy atom. The van der Waals surface area contributed by atoms with Crippen LogP contribution in [0.2, 0.25) is 0 Å². The van der Waals surface area contributed by atoms with Crippen LogP contribution in [0.4, 0.5) is 5.82 Å². The van der Waals surface area contributed by atoms with E-state index in [9.17, 15) is 0 Å². The van der Waals surface area contributed by atoms with Crippen molar-refractivity contribution in [3.63, 3.8) is 0 Å². The van der Waals surface area contributed by atoms with E-state index in [4.69, 9.17) is 5.11 Å². The Morgan fingerprint density at radius 1 is 1.57 bits per heavy atom. The SMILES string of the molecule is Cc1nc(NC2(CO)CC2)ccc1Br. The van der Waals surface area contributed by atoms with Crippen molar-refractivity contribution in [1.82, 2.24) is 4.98 Å². The fourth-order valence-corrected chi connectivity index (χ4v) is 1.58. The number of hydrogen-bond acceptors (Lipinski definition) is 3. The summed E-state index contributed by atoms with van der Waals surface area (Å²) in [5.74, 6) is 0.845. The molecule has 1 saturated carbocycles. The molecule has 0 atom stereocenters. The molecule has 1 heterocycles. The van der Waals surface area contributed by atoms with E-state index in [0.717, 1.165) is 28.8 Å². The molecule has 0 aliphatic heterocycles. The zero-order valence-electron chi connectivity index (χ0n) is 8.05. The molecule has 1 fully saturated rings. The van der Waals surface area contributed by atoms with Crippen LogP contribution in [-0.2, 0) is 0 Å². The van der Waals surface area contributed by atoms with Crippen molar-refractivity contribution in [3.8, 4) is 0 Å². The van der Waals surface area contributed by atoms with Crippen LogP contribution in [0, 0.1) is 6.92 Å². The number of halogens is 1. The summed E-state index contributed by atoms with van der Waals surface area (Å²) in [6.45, 7) is 2.14. The van der Waals surface area contributed by atoms with Gasteiger partial charge >= 0.3 is 0 Å². The first kappa shape index (κ1) is 9.93. The number of anilines is 1. The maximum atomic E-state index is 9.14. The van der Waals surface area contributed by atoms with Gasteiger partial charge in [0.25, 0.3) is 0 Å². The Morgan fingerprint density at radius 2 is 2.29 bits per heavy atom.